The predicted octanol–water partition coefficient (Wildman–Crippen LogP) is 17.8. The Bertz CT molecular complexity index is 4170. The fourth-order valence-corrected chi connectivity index (χ4v) is 14.2. The van der Waals surface area contributed by atoms with E-state index >= 15 is 0 Å². The summed E-state index contributed by atoms with van der Waals surface area (Å²) >= 11 is 3.76. The minimum Gasteiger partial charge on any atom is -0.310 e. The Kier molecular flexibility index (Phi) is 7.84. The summed E-state index contributed by atoms with van der Waals surface area (Å²) < 4.78 is 5.09. The van der Waals surface area contributed by atoms with Crippen LogP contribution in [0.5, 0.6) is 0 Å². The Morgan fingerprint density at radius 3 is 1.85 bits per heavy atom. The molecule has 0 atom stereocenters. The van der Waals surface area contributed by atoms with Gasteiger partial charge in [-0.2, -0.15) is 0 Å². The smallest absolute Gasteiger partial charge is 0.0736 e. The molecule has 1 aliphatic carbocycles. The van der Waals surface area contributed by atoms with Crippen LogP contribution < -0.4 is 4.90 Å². The number of rotatable bonds is 4. The van der Waals surface area contributed by atoms with Crippen molar-refractivity contribution in [2.75, 3.05) is 4.90 Å². The highest BCUT2D eigenvalue weighted by Crippen LogP contribution is 2.62. The molecule has 0 unspecified atom stereocenters. The fraction of sp³-hybridized carbons (Fsp3) is 0.0159. The third-order valence-electron chi connectivity index (χ3n) is 14.6. The minimum atomic E-state index is -0.566. The van der Waals surface area contributed by atoms with Gasteiger partial charge in [0.1, 0.15) is 0 Å². The topological polar surface area (TPSA) is 8.17 Å². The van der Waals surface area contributed by atoms with Crippen molar-refractivity contribution >= 4 is 104 Å². The van der Waals surface area contributed by atoms with Crippen LogP contribution in [-0.2, 0) is 5.41 Å². The van der Waals surface area contributed by atoms with Crippen LogP contribution in [0.25, 0.3) is 80.3 Å². The molecule has 1 aliphatic heterocycles. The number of anilines is 3. The van der Waals surface area contributed by atoms with E-state index in [1.807, 2.05) is 23.1 Å². The van der Waals surface area contributed by atoms with E-state index in [0.717, 1.165) is 22.7 Å². The van der Waals surface area contributed by atoms with Crippen molar-refractivity contribution < 1.29 is 0 Å². The predicted molar refractivity (Wildman–Crippen MR) is 285 cm³/mol. The second kappa shape index (κ2) is 14.1. The first-order valence-electron chi connectivity index (χ1n) is 23.0. The van der Waals surface area contributed by atoms with E-state index in [9.17, 15) is 0 Å². The van der Waals surface area contributed by atoms with Gasteiger partial charge in [-0.25, -0.2) is 0 Å². The summed E-state index contributed by atoms with van der Waals surface area (Å²) in [5.41, 5.74) is 14.2. The number of benzene rings is 11. The molecule has 3 heterocycles. The Morgan fingerprint density at radius 2 is 0.985 bits per heavy atom. The molecule has 13 aromatic rings. The number of nitrogens with zero attached hydrogens (tertiary/aromatic N) is 2. The fourth-order valence-electron chi connectivity index (χ4n) is 11.9. The van der Waals surface area contributed by atoms with E-state index < -0.39 is 5.41 Å². The number of thiophene rings is 1. The first-order valence-corrected chi connectivity index (χ1v) is 24.6. The van der Waals surface area contributed by atoms with Gasteiger partial charge >= 0.3 is 0 Å². The van der Waals surface area contributed by atoms with Gasteiger partial charge in [0.2, 0.25) is 0 Å². The molecule has 0 saturated heterocycles. The third kappa shape index (κ3) is 5.17. The third-order valence-corrected chi connectivity index (χ3v) is 16.9. The monoisotopic (exact) mass is 886 g/mol. The maximum absolute atomic E-state index is 2.53. The van der Waals surface area contributed by atoms with Crippen LogP contribution in [0.3, 0.4) is 0 Å². The molecule has 312 valence electrons. The Hall–Kier alpha value is -7.89. The zero-order valence-electron chi connectivity index (χ0n) is 36.2. The zero-order valence-corrected chi connectivity index (χ0v) is 37.8. The number of aromatic nitrogens is 1. The molecule has 1 spiro atoms. The molecule has 2 aromatic heterocycles. The van der Waals surface area contributed by atoms with Crippen LogP contribution in [-0.4, -0.2) is 4.57 Å². The second-order valence-corrected chi connectivity index (χ2v) is 20.1. The molecule has 0 bridgehead atoms. The lowest BCUT2D eigenvalue weighted by Crippen LogP contribution is -2.36. The molecule has 4 heteroatoms. The van der Waals surface area contributed by atoms with Crippen LogP contribution in [0.4, 0.5) is 17.1 Å². The highest BCUT2D eigenvalue weighted by molar-refractivity contribution is 7.99. The van der Waals surface area contributed by atoms with Crippen molar-refractivity contribution in [1.82, 2.24) is 4.57 Å². The summed E-state index contributed by atoms with van der Waals surface area (Å²) in [6.45, 7) is 0. The van der Waals surface area contributed by atoms with Gasteiger partial charge in [0.05, 0.1) is 22.1 Å². The van der Waals surface area contributed by atoms with Crippen LogP contribution >= 0.6 is 23.1 Å². The molecular weight excluding hydrogens is 849 g/mol. The lowest BCUT2D eigenvalue weighted by Gasteiger charge is -2.46. The molecule has 2 aliphatic rings. The number of fused-ring (bicyclic) bond motifs is 15. The Morgan fingerprint density at radius 1 is 0.373 bits per heavy atom. The number of para-hydroxylation sites is 1. The molecule has 11 aromatic carbocycles. The first kappa shape index (κ1) is 37.3. The van der Waals surface area contributed by atoms with Crippen LogP contribution in [0.2, 0.25) is 0 Å². The van der Waals surface area contributed by atoms with Gasteiger partial charge in [-0.3, -0.25) is 0 Å². The van der Waals surface area contributed by atoms with Crippen molar-refractivity contribution in [2.24, 2.45) is 0 Å². The Balaban J connectivity index is 1.03. The van der Waals surface area contributed by atoms with E-state index in [2.05, 4.69) is 240 Å². The van der Waals surface area contributed by atoms with Gasteiger partial charge in [-0.15, -0.1) is 11.3 Å². The average molecular weight is 887 g/mol. The van der Waals surface area contributed by atoms with Gasteiger partial charge in [0, 0.05) is 63.2 Å². The van der Waals surface area contributed by atoms with E-state index in [1.165, 1.54) is 107 Å². The highest BCUT2D eigenvalue weighted by atomic mass is 32.2. The summed E-state index contributed by atoms with van der Waals surface area (Å²) in [5.74, 6) is 0. The van der Waals surface area contributed by atoms with Crippen molar-refractivity contribution in [2.45, 2.75) is 15.2 Å². The van der Waals surface area contributed by atoms with Crippen molar-refractivity contribution in [3.05, 3.63) is 253 Å². The summed E-state index contributed by atoms with van der Waals surface area (Å²) in [6.07, 6.45) is 0. The molecule has 0 N–H and O–H groups in total. The summed E-state index contributed by atoms with van der Waals surface area (Å²) in [6, 6.07) is 86.7. The maximum atomic E-state index is 2.53. The van der Waals surface area contributed by atoms with Gasteiger partial charge in [-0.1, -0.05) is 176 Å². The second-order valence-electron chi connectivity index (χ2n) is 17.9. The zero-order chi connectivity index (χ0) is 43.8. The summed E-state index contributed by atoms with van der Waals surface area (Å²) in [7, 11) is 0. The largest absolute Gasteiger partial charge is 0.310 e. The molecule has 0 radical (unpaired) electrons. The SMILES string of the molecule is c1ccc2c(c1)Sc1ccccc1C21c2cc(N(c3ccc4c5ccccc5n(-c5ccc6c(c5)sc5ccccc56)c4c3)c3cccc4ccccc34)ccc2-c2cccc3cccc1c23. The highest BCUT2D eigenvalue weighted by Gasteiger charge is 2.48. The standard InChI is InChI=1S/C63H38N2S2/c1-2-18-44-39(14-1)15-13-26-55(44)64(42-31-34-47-46-19-3-7-25-56(46)65(57(47)37-42)43-32-35-49-48-20-4-8-27-58(48)66-61(49)38-43)41-30-33-45-50-21-11-16-40-17-12-24-53(62(40)50)63(54(45)36-41)51-22-5-9-28-59(51)67-60-29-10-6-23-52(60)63/h1-38H. The number of hydrogen-bond donors (Lipinski definition) is 0. The molecule has 67 heavy (non-hydrogen) atoms. The van der Waals surface area contributed by atoms with Gasteiger partial charge in [0.15, 0.2) is 0 Å². The first-order chi connectivity index (χ1) is 33.2. The lowest BCUT2D eigenvalue weighted by atomic mass is 9.59. The number of hydrogen-bond acceptors (Lipinski definition) is 3. The minimum absolute atomic E-state index is 0.566. The van der Waals surface area contributed by atoms with E-state index in [4.69, 9.17) is 0 Å². The van der Waals surface area contributed by atoms with Crippen LogP contribution in [0.15, 0.2) is 240 Å². The molecule has 0 fully saturated rings. The van der Waals surface area contributed by atoms with Crippen molar-refractivity contribution in [3.8, 4) is 16.8 Å². The van der Waals surface area contributed by atoms with E-state index in [1.54, 1.807) is 0 Å². The average Bonchev–Trinajstić information content (AvgIpc) is 3.93. The summed E-state index contributed by atoms with van der Waals surface area (Å²) in [5, 5.41) is 10.1. The Labute approximate surface area is 395 Å². The molecule has 0 saturated carbocycles. The van der Waals surface area contributed by atoms with Crippen molar-refractivity contribution in [1.29, 1.82) is 0 Å². The molecule has 0 amide bonds. The van der Waals surface area contributed by atoms with Crippen LogP contribution in [0, 0.1) is 0 Å². The van der Waals surface area contributed by atoms with Gasteiger partial charge in [0.25, 0.3) is 0 Å². The van der Waals surface area contributed by atoms with Crippen molar-refractivity contribution in [3.63, 3.8) is 0 Å². The normalized spacial score (nSPS) is 13.4. The summed E-state index contributed by atoms with van der Waals surface area (Å²) in [4.78, 5) is 5.11. The molecular formula is C63H38N2S2. The molecule has 2 nitrogen and oxygen atoms in total. The lowest BCUT2D eigenvalue weighted by molar-refractivity contribution is 0.707. The quantitative estimate of drug-likeness (QED) is 0.174. The maximum Gasteiger partial charge on any atom is 0.0736 e. The van der Waals surface area contributed by atoms with Crippen LogP contribution in [0.1, 0.15) is 22.3 Å². The van der Waals surface area contributed by atoms with Gasteiger partial charge in [-0.05, 0) is 116 Å². The molecule has 15 rings (SSSR count). The van der Waals surface area contributed by atoms with Gasteiger partial charge < -0.3 is 9.47 Å². The van der Waals surface area contributed by atoms with E-state index in [-0.39, 0.29) is 0 Å². The van der Waals surface area contributed by atoms with E-state index in [0.29, 0.717) is 0 Å².